The number of hydrogen-bond donors (Lipinski definition) is 0. The summed E-state index contributed by atoms with van der Waals surface area (Å²) < 4.78 is 33.4. The quantitative estimate of drug-likeness (QED) is 0.483. The van der Waals surface area contributed by atoms with E-state index in [0.29, 0.717) is 23.0 Å². The monoisotopic (exact) mass is 472 g/mol. The maximum Gasteiger partial charge on any atom is 0.264 e. The Morgan fingerprint density at radius 1 is 1.00 bits per heavy atom. The van der Waals surface area contributed by atoms with Crippen molar-refractivity contribution in [2.45, 2.75) is 18.4 Å². The van der Waals surface area contributed by atoms with Gasteiger partial charge >= 0.3 is 0 Å². The van der Waals surface area contributed by atoms with Gasteiger partial charge in [-0.15, -0.1) is 0 Å². The van der Waals surface area contributed by atoms with Gasteiger partial charge in [0.25, 0.3) is 10.0 Å². The van der Waals surface area contributed by atoms with Crippen molar-refractivity contribution in [2.24, 2.45) is 0 Å². The molecule has 0 aliphatic carbocycles. The number of methoxy groups -OCH3 is 1. The first-order valence-corrected chi connectivity index (χ1v) is 11.7. The number of aryl methyl sites for hydroxylation is 1. The van der Waals surface area contributed by atoms with Crippen LogP contribution >= 0.6 is 11.6 Å². The zero-order valence-corrected chi connectivity index (χ0v) is 19.7. The van der Waals surface area contributed by atoms with Crippen LogP contribution in [-0.4, -0.2) is 39.9 Å². The maximum absolute atomic E-state index is 13.5. The van der Waals surface area contributed by atoms with Gasteiger partial charge in [-0.2, -0.15) is 0 Å². The predicted octanol–water partition coefficient (Wildman–Crippen LogP) is 4.51. The molecule has 0 spiro atoms. The second-order valence-corrected chi connectivity index (χ2v) is 9.70. The molecule has 0 fully saturated rings. The van der Waals surface area contributed by atoms with Gasteiger partial charge in [0.1, 0.15) is 12.3 Å². The predicted molar refractivity (Wildman–Crippen MR) is 127 cm³/mol. The van der Waals surface area contributed by atoms with Gasteiger partial charge in [-0.3, -0.25) is 9.10 Å². The number of carbonyl (C=O) groups excluding carboxylic acids is 1. The minimum Gasteiger partial charge on any atom is -0.497 e. The van der Waals surface area contributed by atoms with Crippen LogP contribution in [0.2, 0.25) is 5.02 Å². The lowest BCUT2D eigenvalue weighted by Gasteiger charge is -2.27. The van der Waals surface area contributed by atoms with Crippen LogP contribution < -0.4 is 9.04 Å². The van der Waals surface area contributed by atoms with Crippen molar-refractivity contribution in [3.63, 3.8) is 0 Å². The Labute approximate surface area is 194 Å². The van der Waals surface area contributed by atoms with Gasteiger partial charge in [0, 0.05) is 24.7 Å². The van der Waals surface area contributed by atoms with E-state index in [-0.39, 0.29) is 17.3 Å². The maximum atomic E-state index is 13.5. The summed E-state index contributed by atoms with van der Waals surface area (Å²) in [7, 11) is -0.849. The Hall–Kier alpha value is -3.03. The van der Waals surface area contributed by atoms with Crippen LogP contribution in [0.15, 0.2) is 77.7 Å². The molecule has 0 radical (unpaired) electrons. The SMILES string of the molecule is COc1cccc(N(CC(=O)N(C)Cc2ccc(Cl)cc2)S(=O)(=O)c2ccc(C)cc2)c1. The molecule has 0 saturated heterocycles. The Kier molecular flexibility index (Phi) is 7.43. The van der Waals surface area contributed by atoms with E-state index >= 15 is 0 Å². The number of halogens is 1. The molecule has 0 aliphatic heterocycles. The summed E-state index contributed by atoms with van der Waals surface area (Å²) in [4.78, 5) is 14.6. The molecule has 0 atom stereocenters. The van der Waals surface area contributed by atoms with Gasteiger partial charge in [-0.1, -0.05) is 47.5 Å². The molecule has 0 N–H and O–H groups in total. The third-order valence-corrected chi connectivity index (χ3v) is 7.03. The molecular formula is C24H25ClN2O4S. The highest BCUT2D eigenvalue weighted by Gasteiger charge is 2.28. The standard InChI is InChI=1S/C24H25ClN2O4S/c1-18-7-13-23(14-8-18)32(29,30)27(21-5-4-6-22(15-21)31-3)17-24(28)26(2)16-19-9-11-20(25)12-10-19/h4-15H,16-17H2,1-3H3. The van der Waals surface area contributed by atoms with E-state index in [0.717, 1.165) is 15.4 Å². The number of carbonyl (C=O) groups is 1. The number of hydrogen-bond acceptors (Lipinski definition) is 4. The minimum atomic E-state index is -3.99. The highest BCUT2D eigenvalue weighted by molar-refractivity contribution is 7.92. The van der Waals surface area contributed by atoms with Crippen LogP contribution in [0.3, 0.4) is 0 Å². The molecule has 1 amide bonds. The summed E-state index contributed by atoms with van der Waals surface area (Å²) in [5, 5.41) is 0.608. The second-order valence-electron chi connectivity index (χ2n) is 7.40. The summed E-state index contributed by atoms with van der Waals surface area (Å²) in [5.74, 6) is 0.145. The van der Waals surface area contributed by atoms with Crippen LogP contribution in [0.25, 0.3) is 0 Å². The smallest absolute Gasteiger partial charge is 0.264 e. The van der Waals surface area contributed by atoms with Crippen molar-refractivity contribution < 1.29 is 17.9 Å². The van der Waals surface area contributed by atoms with Crippen molar-refractivity contribution in [3.8, 4) is 5.75 Å². The van der Waals surface area contributed by atoms with Crippen LogP contribution in [0.5, 0.6) is 5.75 Å². The van der Waals surface area contributed by atoms with Gasteiger partial charge in [0.15, 0.2) is 0 Å². The van der Waals surface area contributed by atoms with Crippen molar-refractivity contribution in [1.82, 2.24) is 4.90 Å². The zero-order chi connectivity index (χ0) is 23.3. The van der Waals surface area contributed by atoms with E-state index in [2.05, 4.69) is 0 Å². The van der Waals surface area contributed by atoms with Crippen molar-refractivity contribution in [3.05, 3.63) is 88.9 Å². The lowest BCUT2D eigenvalue weighted by molar-refractivity contribution is -0.128. The minimum absolute atomic E-state index is 0.110. The number of amides is 1. The molecule has 3 aromatic rings. The van der Waals surface area contributed by atoms with Crippen LogP contribution in [0.4, 0.5) is 5.69 Å². The molecule has 0 heterocycles. The second kappa shape index (κ2) is 10.1. The molecule has 32 heavy (non-hydrogen) atoms. The van der Waals surface area contributed by atoms with E-state index in [1.165, 1.54) is 12.0 Å². The van der Waals surface area contributed by atoms with E-state index in [4.69, 9.17) is 16.3 Å². The van der Waals surface area contributed by atoms with Gasteiger partial charge < -0.3 is 9.64 Å². The third-order valence-electron chi connectivity index (χ3n) is 4.99. The van der Waals surface area contributed by atoms with Crippen molar-refractivity contribution in [2.75, 3.05) is 25.0 Å². The number of rotatable bonds is 8. The topological polar surface area (TPSA) is 66.9 Å². The fourth-order valence-corrected chi connectivity index (χ4v) is 4.65. The summed E-state index contributed by atoms with van der Waals surface area (Å²) in [5.41, 5.74) is 2.17. The van der Waals surface area contributed by atoms with Crippen molar-refractivity contribution in [1.29, 1.82) is 0 Å². The first kappa shape index (κ1) is 23.6. The summed E-state index contributed by atoms with van der Waals surface area (Å²) in [6.45, 7) is 1.85. The van der Waals surface area contributed by atoms with Gasteiger partial charge in [-0.25, -0.2) is 8.42 Å². The molecule has 8 heteroatoms. The fraction of sp³-hybridized carbons (Fsp3) is 0.208. The first-order chi connectivity index (χ1) is 15.2. The zero-order valence-electron chi connectivity index (χ0n) is 18.2. The molecule has 0 unspecified atom stereocenters. The Morgan fingerprint density at radius 2 is 1.66 bits per heavy atom. The number of benzene rings is 3. The molecule has 3 rings (SSSR count). The summed E-state index contributed by atoms with van der Waals surface area (Å²) in [6.07, 6.45) is 0. The molecule has 0 bridgehead atoms. The number of ether oxygens (including phenoxy) is 1. The third kappa shape index (κ3) is 5.60. The average Bonchev–Trinajstić information content (AvgIpc) is 2.79. The summed E-state index contributed by atoms with van der Waals surface area (Å²) >= 11 is 5.93. The number of anilines is 1. The number of nitrogens with zero attached hydrogens (tertiary/aromatic N) is 2. The normalized spacial score (nSPS) is 11.1. The molecule has 0 saturated carbocycles. The highest BCUT2D eigenvalue weighted by Crippen LogP contribution is 2.27. The van der Waals surface area contributed by atoms with Crippen LogP contribution in [-0.2, 0) is 21.4 Å². The lowest BCUT2D eigenvalue weighted by Crippen LogP contribution is -2.41. The average molecular weight is 473 g/mol. The first-order valence-electron chi connectivity index (χ1n) is 9.92. The van der Waals surface area contributed by atoms with E-state index < -0.39 is 10.0 Å². The molecule has 0 aromatic heterocycles. The molecule has 0 aliphatic rings. The fourth-order valence-electron chi connectivity index (χ4n) is 3.11. The molecule has 3 aromatic carbocycles. The van der Waals surface area contributed by atoms with Crippen LogP contribution in [0, 0.1) is 6.92 Å². The van der Waals surface area contributed by atoms with E-state index in [1.54, 1.807) is 67.7 Å². The highest BCUT2D eigenvalue weighted by atomic mass is 35.5. The van der Waals surface area contributed by atoms with E-state index in [9.17, 15) is 13.2 Å². The molecule has 168 valence electrons. The number of sulfonamides is 1. The van der Waals surface area contributed by atoms with Crippen molar-refractivity contribution >= 4 is 33.2 Å². The van der Waals surface area contributed by atoms with Gasteiger partial charge in [0.05, 0.1) is 17.7 Å². The Bertz CT molecular complexity index is 1180. The van der Waals surface area contributed by atoms with Gasteiger partial charge in [0.2, 0.25) is 5.91 Å². The Balaban J connectivity index is 1.92. The molecular weight excluding hydrogens is 448 g/mol. The summed E-state index contributed by atoms with van der Waals surface area (Å²) in [6, 6.07) is 20.3. The van der Waals surface area contributed by atoms with Crippen LogP contribution in [0.1, 0.15) is 11.1 Å². The van der Waals surface area contributed by atoms with Gasteiger partial charge in [-0.05, 0) is 48.9 Å². The number of likely N-dealkylation sites (N-methyl/N-ethyl adjacent to an activating group) is 1. The molecule has 6 nitrogen and oxygen atoms in total. The largest absolute Gasteiger partial charge is 0.497 e. The van der Waals surface area contributed by atoms with E-state index in [1.807, 2.05) is 19.1 Å². The lowest BCUT2D eigenvalue weighted by atomic mass is 10.2. The Morgan fingerprint density at radius 3 is 2.28 bits per heavy atom.